The smallest absolute Gasteiger partial charge is 0.0582 e. The summed E-state index contributed by atoms with van der Waals surface area (Å²) in [4.78, 5) is 0. The van der Waals surface area contributed by atoms with E-state index in [-0.39, 0.29) is 12.6 Å². The molecule has 0 heterocycles. The zero-order valence-electron chi connectivity index (χ0n) is 9.79. The van der Waals surface area contributed by atoms with Crippen molar-refractivity contribution in [3.63, 3.8) is 0 Å². The van der Waals surface area contributed by atoms with Crippen LogP contribution in [0.3, 0.4) is 0 Å². The van der Waals surface area contributed by atoms with Crippen LogP contribution in [0.25, 0.3) is 0 Å². The molecule has 4 atom stereocenters. The van der Waals surface area contributed by atoms with Crippen molar-refractivity contribution in [2.45, 2.75) is 58.5 Å². The molecule has 0 spiro atoms. The summed E-state index contributed by atoms with van der Waals surface area (Å²) in [7, 11) is 0. The van der Waals surface area contributed by atoms with E-state index in [2.05, 4.69) is 26.1 Å². The predicted octanol–water partition coefficient (Wildman–Crippen LogP) is 2.17. The van der Waals surface area contributed by atoms with Gasteiger partial charge in [0, 0.05) is 12.1 Å². The average Bonchev–Trinajstić information content (AvgIpc) is 2.20. The molecule has 0 bridgehead atoms. The molecule has 1 saturated carbocycles. The van der Waals surface area contributed by atoms with Gasteiger partial charge >= 0.3 is 0 Å². The maximum atomic E-state index is 9.01. The lowest BCUT2D eigenvalue weighted by atomic mass is 9.77. The Morgan fingerprint density at radius 1 is 1.43 bits per heavy atom. The average molecular weight is 199 g/mol. The molecule has 2 N–H and O–H groups in total. The Kier molecular flexibility index (Phi) is 4.90. The van der Waals surface area contributed by atoms with Crippen LogP contribution < -0.4 is 5.32 Å². The second-order valence-corrected chi connectivity index (χ2v) is 4.94. The molecular formula is C12H25NO. The van der Waals surface area contributed by atoms with Crippen LogP contribution in [0.1, 0.15) is 46.5 Å². The molecule has 84 valence electrons. The second kappa shape index (κ2) is 5.72. The van der Waals surface area contributed by atoms with E-state index in [4.69, 9.17) is 5.11 Å². The summed E-state index contributed by atoms with van der Waals surface area (Å²) in [6, 6.07) is 0.890. The first-order valence-electron chi connectivity index (χ1n) is 6.04. The molecule has 1 rings (SSSR count). The third-order valence-electron chi connectivity index (χ3n) is 3.54. The quantitative estimate of drug-likeness (QED) is 0.727. The lowest BCUT2D eigenvalue weighted by molar-refractivity contribution is 0.171. The molecule has 2 nitrogen and oxygen atoms in total. The number of aliphatic hydroxyl groups excluding tert-OH is 1. The van der Waals surface area contributed by atoms with E-state index in [9.17, 15) is 0 Å². The fraction of sp³-hybridized carbons (Fsp3) is 1.00. The van der Waals surface area contributed by atoms with Crippen LogP contribution in [0.4, 0.5) is 0 Å². The molecule has 1 aliphatic carbocycles. The minimum atomic E-state index is 0.252. The van der Waals surface area contributed by atoms with Crippen LogP contribution in [0, 0.1) is 11.8 Å². The molecule has 14 heavy (non-hydrogen) atoms. The van der Waals surface area contributed by atoms with Crippen LogP contribution in [0.15, 0.2) is 0 Å². The molecule has 0 amide bonds. The number of hydrogen-bond acceptors (Lipinski definition) is 2. The molecule has 0 aromatic heterocycles. The summed E-state index contributed by atoms with van der Waals surface area (Å²) in [5, 5.41) is 12.6. The summed E-state index contributed by atoms with van der Waals surface area (Å²) in [6.45, 7) is 6.95. The van der Waals surface area contributed by atoms with E-state index in [1.54, 1.807) is 0 Å². The normalized spacial score (nSPS) is 35.6. The van der Waals surface area contributed by atoms with Crippen molar-refractivity contribution >= 4 is 0 Å². The largest absolute Gasteiger partial charge is 0.395 e. The van der Waals surface area contributed by atoms with E-state index in [0.29, 0.717) is 6.04 Å². The minimum Gasteiger partial charge on any atom is -0.395 e. The van der Waals surface area contributed by atoms with Gasteiger partial charge in [0.1, 0.15) is 0 Å². The fourth-order valence-electron chi connectivity index (χ4n) is 2.59. The molecular weight excluding hydrogens is 174 g/mol. The third kappa shape index (κ3) is 3.25. The Morgan fingerprint density at radius 2 is 2.14 bits per heavy atom. The SMILES string of the molecule is CCC1CC(C)CCC1NC(C)CO. The van der Waals surface area contributed by atoms with Crippen LogP contribution in [0.2, 0.25) is 0 Å². The lowest BCUT2D eigenvalue weighted by Gasteiger charge is -2.36. The number of rotatable bonds is 4. The number of hydrogen-bond donors (Lipinski definition) is 2. The zero-order valence-corrected chi connectivity index (χ0v) is 9.79. The van der Waals surface area contributed by atoms with E-state index >= 15 is 0 Å². The third-order valence-corrected chi connectivity index (χ3v) is 3.54. The van der Waals surface area contributed by atoms with Crippen molar-refractivity contribution in [1.82, 2.24) is 5.32 Å². The maximum absolute atomic E-state index is 9.01. The van der Waals surface area contributed by atoms with E-state index in [1.807, 2.05) is 0 Å². The highest BCUT2D eigenvalue weighted by molar-refractivity contribution is 4.84. The lowest BCUT2D eigenvalue weighted by Crippen LogP contribution is -2.45. The highest BCUT2D eigenvalue weighted by Gasteiger charge is 2.27. The Balaban J connectivity index is 2.41. The molecule has 1 fully saturated rings. The van der Waals surface area contributed by atoms with Crippen molar-refractivity contribution in [2.75, 3.05) is 6.61 Å². The fourth-order valence-corrected chi connectivity index (χ4v) is 2.59. The van der Waals surface area contributed by atoms with Crippen LogP contribution in [-0.2, 0) is 0 Å². The van der Waals surface area contributed by atoms with Crippen molar-refractivity contribution in [2.24, 2.45) is 11.8 Å². The molecule has 4 unspecified atom stereocenters. The summed E-state index contributed by atoms with van der Waals surface area (Å²) in [5.41, 5.74) is 0. The standard InChI is InChI=1S/C12H25NO/c1-4-11-7-9(2)5-6-12(11)13-10(3)8-14/h9-14H,4-8H2,1-3H3. The molecule has 0 aromatic carbocycles. The first kappa shape index (κ1) is 12.0. The van der Waals surface area contributed by atoms with E-state index in [0.717, 1.165) is 11.8 Å². The molecule has 0 radical (unpaired) electrons. The van der Waals surface area contributed by atoms with Crippen LogP contribution in [0.5, 0.6) is 0 Å². The van der Waals surface area contributed by atoms with Crippen molar-refractivity contribution in [3.05, 3.63) is 0 Å². The van der Waals surface area contributed by atoms with Gasteiger partial charge in [-0.3, -0.25) is 0 Å². The number of aliphatic hydroxyl groups is 1. The second-order valence-electron chi connectivity index (χ2n) is 4.94. The monoisotopic (exact) mass is 199 g/mol. The van der Waals surface area contributed by atoms with Crippen molar-refractivity contribution in [3.8, 4) is 0 Å². The van der Waals surface area contributed by atoms with Gasteiger partial charge in [-0.2, -0.15) is 0 Å². The predicted molar refractivity (Wildman–Crippen MR) is 60.3 cm³/mol. The van der Waals surface area contributed by atoms with Crippen molar-refractivity contribution in [1.29, 1.82) is 0 Å². The Labute approximate surface area is 88.1 Å². The van der Waals surface area contributed by atoms with Gasteiger partial charge in [0.2, 0.25) is 0 Å². The van der Waals surface area contributed by atoms with Gasteiger partial charge in [-0.25, -0.2) is 0 Å². The summed E-state index contributed by atoms with van der Waals surface area (Å²) in [6.07, 6.45) is 5.24. The van der Waals surface area contributed by atoms with Gasteiger partial charge in [0.15, 0.2) is 0 Å². The maximum Gasteiger partial charge on any atom is 0.0582 e. The van der Waals surface area contributed by atoms with E-state index in [1.165, 1.54) is 25.7 Å². The molecule has 0 aromatic rings. The van der Waals surface area contributed by atoms with Crippen molar-refractivity contribution < 1.29 is 5.11 Å². The highest BCUT2D eigenvalue weighted by atomic mass is 16.3. The first-order valence-corrected chi connectivity index (χ1v) is 6.04. The summed E-state index contributed by atoms with van der Waals surface area (Å²) >= 11 is 0. The Hall–Kier alpha value is -0.0800. The first-order chi connectivity index (χ1) is 6.67. The Morgan fingerprint density at radius 3 is 2.71 bits per heavy atom. The molecule has 0 saturated heterocycles. The van der Waals surface area contributed by atoms with Gasteiger partial charge in [-0.15, -0.1) is 0 Å². The summed E-state index contributed by atoms with van der Waals surface area (Å²) < 4.78 is 0. The van der Waals surface area contributed by atoms with Gasteiger partial charge in [0.05, 0.1) is 6.61 Å². The van der Waals surface area contributed by atoms with Gasteiger partial charge < -0.3 is 10.4 Å². The minimum absolute atomic E-state index is 0.252. The topological polar surface area (TPSA) is 32.3 Å². The van der Waals surface area contributed by atoms with Gasteiger partial charge in [0.25, 0.3) is 0 Å². The van der Waals surface area contributed by atoms with Crippen LogP contribution in [-0.4, -0.2) is 23.8 Å². The molecule has 2 heteroatoms. The molecule has 0 aliphatic heterocycles. The van der Waals surface area contributed by atoms with Crippen LogP contribution >= 0.6 is 0 Å². The zero-order chi connectivity index (χ0) is 10.6. The van der Waals surface area contributed by atoms with Gasteiger partial charge in [-0.05, 0) is 38.0 Å². The molecule has 1 aliphatic rings. The number of nitrogens with one attached hydrogen (secondary N) is 1. The van der Waals surface area contributed by atoms with Gasteiger partial charge in [-0.1, -0.05) is 20.3 Å². The highest BCUT2D eigenvalue weighted by Crippen LogP contribution is 2.31. The Bertz CT molecular complexity index is 160. The summed E-state index contributed by atoms with van der Waals surface area (Å²) in [5.74, 6) is 1.70. The van der Waals surface area contributed by atoms with E-state index < -0.39 is 0 Å².